The quantitative estimate of drug-likeness (QED) is 0.353. The summed E-state index contributed by atoms with van der Waals surface area (Å²) in [5.74, 6) is -2.51. The molecule has 1 amide bonds. The number of nitrogens with one attached hydrogen (secondary N) is 2. The summed E-state index contributed by atoms with van der Waals surface area (Å²) in [5.41, 5.74) is 1.20. The lowest BCUT2D eigenvalue weighted by atomic mass is 10.1. The Balaban J connectivity index is 1.75. The second-order valence-corrected chi connectivity index (χ2v) is 8.31. The van der Waals surface area contributed by atoms with Crippen molar-refractivity contribution in [3.05, 3.63) is 69.7 Å². The summed E-state index contributed by atoms with van der Waals surface area (Å²) in [4.78, 5) is 55.8. The largest absolute Gasteiger partial charge is 0.481 e. The molecule has 1 atom stereocenters. The van der Waals surface area contributed by atoms with Gasteiger partial charge >= 0.3 is 11.9 Å². The summed E-state index contributed by atoms with van der Waals surface area (Å²) >= 11 is 1.13. The predicted molar refractivity (Wildman–Crippen MR) is 124 cm³/mol. The molecule has 2 aromatic heterocycles. The number of carbonyl (C=O) groups excluding carboxylic acids is 1. The molecule has 0 aliphatic heterocycles. The Kier molecular flexibility index (Phi) is 7.23. The number of aromatic nitrogens is 2. The fourth-order valence-electron chi connectivity index (χ4n) is 3.19. The normalized spacial score (nSPS) is 11.7. The summed E-state index contributed by atoms with van der Waals surface area (Å²) in [6.45, 7) is 5.90. The average molecular weight is 471 g/mol. The molecule has 0 saturated heterocycles. The van der Waals surface area contributed by atoms with Crippen LogP contribution in [0.5, 0.6) is 0 Å². The van der Waals surface area contributed by atoms with Crippen LogP contribution < -0.4 is 15.8 Å². The fraction of sp³-hybridized carbons (Fsp3) is 0.227. The number of hydrogen-bond acceptors (Lipinski definition) is 7. The Hall–Kier alpha value is -3.99. The number of carbonyl (C=O) groups is 3. The molecule has 1 aromatic carbocycles. The van der Waals surface area contributed by atoms with E-state index in [1.54, 1.807) is 42.3 Å². The van der Waals surface area contributed by atoms with Gasteiger partial charge in [-0.1, -0.05) is 12.6 Å². The fourth-order valence-corrected chi connectivity index (χ4v) is 4.09. The van der Waals surface area contributed by atoms with Crippen molar-refractivity contribution in [1.29, 1.82) is 0 Å². The number of thiophene rings is 1. The van der Waals surface area contributed by atoms with E-state index in [1.807, 2.05) is 6.07 Å². The van der Waals surface area contributed by atoms with Crippen LogP contribution in [0.3, 0.4) is 0 Å². The van der Waals surface area contributed by atoms with Crippen molar-refractivity contribution in [3.63, 3.8) is 0 Å². The second-order valence-electron chi connectivity index (χ2n) is 7.25. The van der Waals surface area contributed by atoms with Gasteiger partial charge in [-0.05, 0) is 49.4 Å². The minimum Gasteiger partial charge on any atom is -0.481 e. The van der Waals surface area contributed by atoms with Gasteiger partial charge in [0.1, 0.15) is 11.9 Å². The first kappa shape index (κ1) is 23.7. The zero-order valence-corrected chi connectivity index (χ0v) is 18.5. The number of rotatable bonds is 10. The molecule has 3 aromatic rings. The lowest BCUT2D eigenvalue weighted by molar-refractivity contribution is -0.140. The standard InChI is InChI=1S/C22H22N4O6S/c1-3-26(11-13-4-5-15-14(10-13)20(29)24-12(2)23-15)18-8-7-17(33-18)21(30)25-16(22(31)32)6-9-19(27)28/h3-5,7-8,10,16H,1,6,9,11H2,2H3,(H,25,30)(H,27,28)(H,31,32)(H,23,24,29). The number of aromatic amines is 1. The van der Waals surface area contributed by atoms with Crippen LogP contribution >= 0.6 is 11.3 Å². The van der Waals surface area contributed by atoms with E-state index in [2.05, 4.69) is 21.9 Å². The number of benzene rings is 1. The van der Waals surface area contributed by atoms with Crippen LogP contribution in [0.25, 0.3) is 10.9 Å². The molecule has 10 nitrogen and oxygen atoms in total. The minimum atomic E-state index is -1.30. The number of aryl methyl sites for hydroxylation is 1. The third-order valence-corrected chi connectivity index (χ3v) is 5.93. The number of carboxylic acids is 2. The predicted octanol–water partition coefficient (Wildman–Crippen LogP) is 2.49. The van der Waals surface area contributed by atoms with Gasteiger partial charge in [-0.2, -0.15) is 0 Å². The lowest BCUT2D eigenvalue weighted by Crippen LogP contribution is -2.40. The topological polar surface area (TPSA) is 153 Å². The summed E-state index contributed by atoms with van der Waals surface area (Å²) in [7, 11) is 0. The van der Waals surface area contributed by atoms with E-state index in [9.17, 15) is 24.3 Å². The molecule has 2 heterocycles. The Morgan fingerprint density at radius 1 is 1.27 bits per heavy atom. The van der Waals surface area contributed by atoms with E-state index >= 15 is 0 Å². The van der Waals surface area contributed by atoms with Crippen LogP contribution in [0.4, 0.5) is 5.00 Å². The molecule has 172 valence electrons. The Morgan fingerprint density at radius 3 is 2.70 bits per heavy atom. The molecule has 0 radical (unpaired) electrons. The molecule has 1 unspecified atom stereocenters. The van der Waals surface area contributed by atoms with E-state index in [-0.39, 0.29) is 23.3 Å². The van der Waals surface area contributed by atoms with Gasteiger partial charge in [-0.15, -0.1) is 11.3 Å². The van der Waals surface area contributed by atoms with Crippen LogP contribution in [0.1, 0.15) is 33.9 Å². The third kappa shape index (κ3) is 5.83. The molecule has 0 saturated carbocycles. The molecule has 11 heteroatoms. The van der Waals surface area contributed by atoms with E-state index in [0.717, 1.165) is 16.9 Å². The van der Waals surface area contributed by atoms with Crippen LogP contribution in [0.2, 0.25) is 0 Å². The van der Waals surface area contributed by atoms with Crippen LogP contribution in [-0.2, 0) is 16.1 Å². The number of nitrogens with zero attached hydrogens (tertiary/aromatic N) is 2. The van der Waals surface area contributed by atoms with E-state index in [4.69, 9.17) is 5.11 Å². The van der Waals surface area contributed by atoms with Crippen molar-refractivity contribution in [2.45, 2.75) is 32.4 Å². The van der Waals surface area contributed by atoms with Gasteiger partial charge in [0.25, 0.3) is 11.5 Å². The number of fused-ring (bicyclic) bond motifs is 1. The van der Waals surface area contributed by atoms with Gasteiger partial charge in [0.2, 0.25) is 0 Å². The molecule has 0 fully saturated rings. The summed E-state index contributed by atoms with van der Waals surface area (Å²) in [5, 5.41) is 21.5. The van der Waals surface area contributed by atoms with Crippen molar-refractivity contribution in [1.82, 2.24) is 15.3 Å². The maximum atomic E-state index is 12.5. The van der Waals surface area contributed by atoms with Crippen molar-refractivity contribution in [2.75, 3.05) is 4.90 Å². The average Bonchev–Trinajstić information content (AvgIpc) is 3.25. The Labute approximate surface area is 192 Å². The smallest absolute Gasteiger partial charge is 0.326 e. The third-order valence-electron chi connectivity index (χ3n) is 4.81. The minimum absolute atomic E-state index is 0.219. The molecular formula is C22H22N4O6S. The summed E-state index contributed by atoms with van der Waals surface area (Å²) in [6.07, 6.45) is 0.992. The van der Waals surface area contributed by atoms with Gasteiger partial charge in [-0.3, -0.25) is 14.4 Å². The van der Waals surface area contributed by atoms with Gasteiger partial charge in [0.05, 0.1) is 20.8 Å². The molecule has 0 aliphatic carbocycles. The van der Waals surface area contributed by atoms with Crippen molar-refractivity contribution < 1.29 is 24.6 Å². The maximum absolute atomic E-state index is 12.5. The number of hydrogen-bond donors (Lipinski definition) is 4. The summed E-state index contributed by atoms with van der Waals surface area (Å²) in [6, 6.07) is 7.32. The molecule has 0 aliphatic rings. The van der Waals surface area contributed by atoms with Crippen LogP contribution in [0, 0.1) is 6.92 Å². The number of amides is 1. The van der Waals surface area contributed by atoms with E-state index in [0.29, 0.717) is 28.3 Å². The molecule has 0 spiro atoms. The van der Waals surface area contributed by atoms with Gasteiger partial charge in [0.15, 0.2) is 0 Å². The van der Waals surface area contributed by atoms with Crippen LogP contribution in [-0.4, -0.2) is 44.1 Å². The van der Waals surface area contributed by atoms with Crippen molar-refractivity contribution >= 4 is 45.1 Å². The SMILES string of the molecule is C=CN(Cc1ccc2nc(C)[nH]c(=O)c2c1)c1ccc(C(=O)NC(CCC(=O)O)C(=O)O)s1. The van der Waals surface area contributed by atoms with Crippen molar-refractivity contribution in [3.8, 4) is 0 Å². The van der Waals surface area contributed by atoms with E-state index in [1.165, 1.54) is 0 Å². The first-order chi connectivity index (χ1) is 15.7. The van der Waals surface area contributed by atoms with E-state index < -0.39 is 23.9 Å². The van der Waals surface area contributed by atoms with Gasteiger partial charge in [0, 0.05) is 13.0 Å². The Morgan fingerprint density at radius 2 is 2.03 bits per heavy atom. The first-order valence-corrected chi connectivity index (χ1v) is 10.7. The van der Waals surface area contributed by atoms with Gasteiger partial charge in [-0.25, -0.2) is 9.78 Å². The first-order valence-electron chi connectivity index (χ1n) is 9.92. The van der Waals surface area contributed by atoms with Crippen molar-refractivity contribution in [2.24, 2.45) is 0 Å². The molecule has 3 rings (SSSR count). The zero-order chi connectivity index (χ0) is 24.1. The highest BCUT2D eigenvalue weighted by Crippen LogP contribution is 2.28. The zero-order valence-electron chi connectivity index (χ0n) is 17.7. The number of carboxylic acid groups (broad SMARTS) is 2. The highest BCUT2D eigenvalue weighted by atomic mass is 32.1. The Bertz CT molecular complexity index is 1280. The molecular weight excluding hydrogens is 448 g/mol. The highest BCUT2D eigenvalue weighted by molar-refractivity contribution is 7.18. The molecule has 33 heavy (non-hydrogen) atoms. The maximum Gasteiger partial charge on any atom is 0.326 e. The van der Waals surface area contributed by atoms with Gasteiger partial charge < -0.3 is 25.4 Å². The highest BCUT2D eigenvalue weighted by Gasteiger charge is 2.23. The summed E-state index contributed by atoms with van der Waals surface area (Å²) < 4.78 is 0. The molecule has 4 N–H and O–H groups in total. The monoisotopic (exact) mass is 470 g/mol. The number of anilines is 1. The lowest BCUT2D eigenvalue weighted by Gasteiger charge is -2.18. The molecule has 0 bridgehead atoms. The number of H-pyrrole nitrogens is 1. The number of aliphatic carboxylic acids is 2. The second kappa shape index (κ2) is 10.1. The van der Waals surface area contributed by atoms with Crippen LogP contribution in [0.15, 0.2) is 47.9 Å².